The summed E-state index contributed by atoms with van der Waals surface area (Å²) in [5.74, 6) is -0.390. The maximum Gasteiger partial charge on any atom is 0.255 e. The quantitative estimate of drug-likeness (QED) is 0.571. The summed E-state index contributed by atoms with van der Waals surface area (Å²) in [6.07, 6.45) is 1.17. The molecule has 3 aromatic carbocycles. The number of hydrogen-bond donors (Lipinski definition) is 1. The van der Waals surface area contributed by atoms with Gasteiger partial charge in [-0.3, -0.25) is 4.79 Å². The van der Waals surface area contributed by atoms with Gasteiger partial charge < -0.3 is 9.73 Å². The van der Waals surface area contributed by atoms with Gasteiger partial charge in [-0.25, -0.2) is 8.42 Å². The molecule has 0 saturated carbocycles. The van der Waals surface area contributed by atoms with E-state index >= 15 is 0 Å². The van der Waals surface area contributed by atoms with Crippen molar-refractivity contribution < 1.29 is 17.6 Å². The molecule has 0 fully saturated rings. The lowest BCUT2D eigenvalue weighted by Crippen LogP contribution is -2.12. The van der Waals surface area contributed by atoms with Crippen molar-refractivity contribution >= 4 is 43.4 Å². The van der Waals surface area contributed by atoms with Crippen LogP contribution in [0.2, 0.25) is 0 Å². The van der Waals surface area contributed by atoms with Gasteiger partial charge in [0.05, 0.1) is 5.75 Å². The summed E-state index contributed by atoms with van der Waals surface area (Å²) in [6, 6.07) is 19.8. The van der Waals surface area contributed by atoms with Gasteiger partial charge in [-0.1, -0.05) is 30.3 Å². The number of hydrogen-bond acceptors (Lipinski definition) is 4. The second-order valence-corrected chi connectivity index (χ2v) is 8.67. The van der Waals surface area contributed by atoms with Crippen molar-refractivity contribution in [2.24, 2.45) is 0 Å². The average molecular weight is 379 g/mol. The molecule has 1 aromatic heterocycles. The van der Waals surface area contributed by atoms with Gasteiger partial charge in [0.2, 0.25) is 0 Å². The van der Waals surface area contributed by atoms with Crippen molar-refractivity contribution in [1.82, 2.24) is 0 Å². The topological polar surface area (TPSA) is 76.4 Å². The molecule has 0 bridgehead atoms. The Morgan fingerprint density at radius 2 is 1.70 bits per heavy atom. The molecule has 1 N–H and O–H groups in total. The van der Waals surface area contributed by atoms with E-state index in [1.165, 1.54) is 6.26 Å². The largest absolute Gasteiger partial charge is 0.456 e. The molecule has 0 unspecified atom stereocenters. The Labute approximate surface area is 156 Å². The van der Waals surface area contributed by atoms with Gasteiger partial charge in [0.25, 0.3) is 5.91 Å². The zero-order chi connectivity index (χ0) is 19.0. The Morgan fingerprint density at radius 3 is 2.52 bits per heavy atom. The van der Waals surface area contributed by atoms with Gasteiger partial charge in [-0.15, -0.1) is 0 Å². The molecule has 0 aliphatic rings. The fourth-order valence-electron chi connectivity index (χ4n) is 3.11. The summed E-state index contributed by atoms with van der Waals surface area (Å²) in [4.78, 5) is 12.6. The van der Waals surface area contributed by atoms with Crippen LogP contribution in [-0.2, 0) is 15.6 Å². The van der Waals surface area contributed by atoms with E-state index in [1.807, 2.05) is 36.4 Å². The van der Waals surface area contributed by atoms with E-state index in [2.05, 4.69) is 5.32 Å². The first-order valence-corrected chi connectivity index (χ1v) is 10.4. The van der Waals surface area contributed by atoms with E-state index in [1.54, 1.807) is 30.3 Å². The van der Waals surface area contributed by atoms with Crippen LogP contribution in [0.1, 0.15) is 15.9 Å². The van der Waals surface area contributed by atoms with Crippen LogP contribution in [0, 0.1) is 0 Å². The number of sulfone groups is 1. The number of anilines is 1. The van der Waals surface area contributed by atoms with Crippen LogP contribution < -0.4 is 5.32 Å². The SMILES string of the molecule is CS(=O)(=O)Cc1cccc(C(=O)Nc2ccc3oc4ccccc4c3c2)c1. The van der Waals surface area contributed by atoms with Gasteiger partial charge in [-0.05, 0) is 42.0 Å². The van der Waals surface area contributed by atoms with E-state index in [4.69, 9.17) is 4.42 Å². The maximum absolute atomic E-state index is 12.6. The molecular weight excluding hydrogens is 362 g/mol. The van der Waals surface area contributed by atoms with Crippen molar-refractivity contribution in [3.8, 4) is 0 Å². The standard InChI is InChI=1S/C21H17NO4S/c1-27(24,25)13-14-5-4-6-15(11-14)21(23)22-16-9-10-20-18(12-16)17-7-2-3-8-19(17)26-20/h2-12H,13H2,1H3,(H,22,23). The number of furan rings is 1. The number of amides is 1. The average Bonchev–Trinajstić information content (AvgIpc) is 2.98. The second-order valence-electron chi connectivity index (χ2n) is 6.53. The van der Waals surface area contributed by atoms with E-state index in [0.29, 0.717) is 16.8 Å². The maximum atomic E-state index is 12.6. The fraction of sp³-hybridized carbons (Fsp3) is 0.0952. The molecule has 1 heterocycles. The molecule has 4 aromatic rings. The second kappa shape index (κ2) is 6.55. The van der Waals surface area contributed by atoms with Crippen LogP contribution in [0.25, 0.3) is 21.9 Å². The first kappa shape index (κ1) is 17.3. The van der Waals surface area contributed by atoms with Gasteiger partial charge in [0.15, 0.2) is 9.84 Å². The van der Waals surface area contributed by atoms with Gasteiger partial charge in [-0.2, -0.15) is 0 Å². The first-order valence-electron chi connectivity index (χ1n) is 8.38. The van der Waals surface area contributed by atoms with E-state index in [-0.39, 0.29) is 11.7 Å². The molecule has 0 spiro atoms. The highest BCUT2D eigenvalue weighted by Gasteiger charge is 2.12. The number of carbonyl (C=O) groups is 1. The zero-order valence-electron chi connectivity index (χ0n) is 14.6. The monoisotopic (exact) mass is 379 g/mol. The summed E-state index contributed by atoms with van der Waals surface area (Å²) >= 11 is 0. The molecule has 5 nitrogen and oxygen atoms in total. The molecule has 136 valence electrons. The molecule has 0 aliphatic carbocycles. The molecule has 0 saturated heterocycles. The summed E-state index contributed by atoms with van der Waals surface area (Å²) in [6.45, 7) is 0. The number of carbonyl (C=O) groups excluding carboxylic acids is 1. The van der Waals surface area contributed by atoms with Crippen LogP contribution in [0.4, 0.5) is 5.69 Å². The van der Waals surface area contributed by atoms with Crippen LogP contribution >= 0.6 is 0 Å². The molecule has 27 heavy (non-hydrogen) atoms. The lowest BCUT2D eigenvalue weighted by atomic mass is 10.1. The molecule has 1 amide bonds. The van der Waals surface area contributed by atoms with E-state index in [0.717, 1.165) is 21.9 Å². The highest BCUT2D eigenvalue weighted by atomic mass is 32.2. The first-order chi connectivity index (χ1) is 12.9. The third kappa shape index (κ3) is 3.71. The number of rotatable bonds is 4. The van der Waals surface area contributed by atoms with Crippen molar-refractivity contribution in [3.63, 3.8) is 0 Å². The molecule has 0 radical (unpaired) electrons. The Morgan fingerprint density at radius 1 is 0.926 bits per heavy atom. The summed E-state index contributed by atoms with van der Waals surface area (Å²) in [7, 11) is -3.16. The van der Waals surface area contributed by atoms with Gasteiger partial charge in [0.1, 0.15) is 11.2 Å². The minimum absolute atomic E-state index is 0.0961. The Kier molecular flexibility index (Phi) is 4.20. The minimum atomic E-state index is -3.16. The van der Waals surface area contributed by atoms with Gasteiger partial charge in [0, 0.05) is 28.3 Å². The zero-order valence-corrected chi connectivity index (χ0v) is 15.4. The van der Waals surface area contributed by atoms with Crippen LogP contribution in [0.3, 0.4) is 0 Å². The van der Waals surface area contributed by atoms with Crippen LogP contribution in [-0.4, -0.2) is 20.6 Å². The number of nitrogens with one attached hydrogen (secondary N) is 1. The van der Waals surface area contributed by atoms with Crippen molar-refractivity contribution in [3.05, 3.63) is 77.9 Å². The molecule has 0 aliphatic heterocycles. The normalized spacial score (nSPS) is 11.7. The fourth-order valence-corrected chi connectivity index (χ4v) is 3.90. The van der Waals surface area contributed by atoms with Crippen LogP contribution in [0.15, 0.2) is 71.1 Å². The predicted molar refractivity (Wildman–Crippen MR) is 107 cm³/mol. The number of fused-ring (bicyclic) bond motifs is 3. The Hall–Kier alpha value is -3.12. The van der Waals surface area contributed by atoms with Crippen molar-refractivity contribution in [2.45, 2.75) is 5.75 Å². The van der Waals surface area contributed by atoms with Crippen molar-refractivity contribution in [2.75, 3.05) is 11.6 Å². The smallest absolute Gasteiger partial charge is 0.255 e. The third-order valence-electron chi connectivity index (χ3n) is 4.25. The lowest BCUT2D eigenvalue weighted by Gasteiger charge is -2.07. The van der Waals surface area contributed by atoms with Crippen LogP contribution in [0.5, 0.6) is 0 Å². The van der Waals surface area contributed by atoms with E-state index < -0.39 is 9.84 Å². The number of para-hydroxylation sites is 1. The molecule has 6 heteroatoms. The summed E-state index contributed by atoms with van der Waals surface area (Å²) in [5.41, 5.74) is 3.19. The molecule has 4 rings (SSSR count). The Bertz CT molecular complexity index is 1270. The third-order valence-corrected chi connectivity index (χ3v) is 5.11. The lowest BCUT2D eigenvalue weighted by molar-refractivity contribution is 0.102. The summed E-state index contributed by atoms with van der Waals surface area (Å²) < 4.78 is 28.7. The minimum Gasteiger partial charge on any atom is -0.456 e. The highest BCUT2D eigenvalue weighted by Crippen LogP contribution is 2.30. The molecule has 0 atom stereocenters. The predicted octanol–water partition coefficient (Wildman–Crippen LogP) is 4.38. The Balaban J connectivity index is 1.63. The summed E-state index contributed by atoms with van der Waals surface area (Å²) in [5, 5.41) is 4.78. The molecular formula is C21H17NO4S. The van der Waals surface area contributed by atoms with Gasteiger partial charge >= 0.3 is 0 Å². The number of benzene rings is 3. The van der Waals surface area contributed by atoms with E-state index in [9.17, 15) is 13.2 Å². The highest BCUT2D eigenvalue weighted by molar-refractivity contribution is 7.89. The van der Waals surface area contributed by atoms with Crippen molar-refractivity contribution in [1.29, 1.82) is 0 Å².